The van der Waals surface area contributed by atoms with Crippen molar-refractivity contribution in [3.63, 3.8) is 0 Å². The Hall–Kier alpha value is -3.86. The summed E-state index contributed by atoms with van der Waals surface area (Å²) >= 11 is 0. The predicted octanol–water partition coefficient (Wildman–Crippen LogP) is 3.08. The SMILES string of the molecule is CCn1c(=O)n(CCCO)c(=O)c2c1nc(-c1ccc(OC3CCC3)nc1)n2Cc1ccc(F)c(F)c1. The molecule has 0 saturated heterocycles. The standard InChI is InChI=1S/C26H27F2N5O4/c1-2-31-24-22(25(35)32(26(31)36)11-4-12-34)33(15-16-7-9-19(27)20(28)13-16)23(30-24)17-8-10-21(29-14-17)37-18-5-3-6-18/h7-10,13-14,18,34H,2-6,11-12,15H2,1H3. The first-order valence-electron chi connectivity index (χ1n) is 12.3. The maximum atomic E-state index is 14.0. The molecule has 0 atom stereocenters. The van der Waals surface area contributed by atoms with Crippen LogP contribution in [0.1, 0.15) is 38.2 Å². The second-order valence-electron chi connectivity index (χ2n) is 9.06. The van der Waals surface area contributed by atoms with Gasteiger partial charge in [0.25, 0.3) is 5.56 Å². The monoisotopic (exact) mass is 511 g/mol. The van der Waals surface area contributed by atoms with E-state index in [2.05, 4.69) is 9.97 Å². The first-order chi connectivity index (χ1) is 17.9. The number of aliphatic hydroxyl groups is 1. The van der Waals surface area contributed by atoms with Crippen molar-refractivity contribution >= 4 is 11.2 Å². The molecule has 4 aromatic rings. The van der Waals surface area contributed by atoms with E-state index >= 15 is 0 Å². The first-order valence-corrected chi connectivity index (χ1v) is 12.3. The zero-order valence-corrected chi connectivity index (χ0v) is 20.4. The summed E-state index contributed by atoms with van der Waals surface area (Å²) in [6.07, 6.45) is 5.07. The summed E-state index contributed by atoms with van der Waals surface area (Å²) in [5.74, 6) is -1.15. The molecule has 194 valence electrons. The van der Waals surface area contributed by atoms with Crippen LogP contribution < -0.4 is 16.0 Å². The van der Waals surface area contributed by atoms with Crippen LogP contribution in [0.15, 0.2) is 46.1 Å². The molecule has 5 rings (SSSR count). The van der Waals surface area contributed by atoms with E-state index in [-0.39, 0.29) is 49.9 Å². The quantitative estimate of drug-likeness (QED) is 0.370. The molecule has 9 nitrogen and oxygen atoms in total. The van der Waals surface area contributed by atoms with Crippen molar-refractivity contribution in [2.75, 3.05) is 6.61 Å². The van der Waals surface area contributed by atoms with Crippen LogP contribution in [-0.2, 0) is 19.6 Å². The fourth-order valence-electron chi connectivity index (χ4n) is 4.44. The van der Waals surface area contributed by atoms with Crippen molar-refractivity contribution in [2.24, 2.45) is 0 Å². The van der Waals surface area contributed by atoms with Crippen LogP contribution in [0.4, 0.5) is 8.78 Å². The summed E-state index contributed by atoms with van der Waals surface area (Å²) in [6, 6.07) is 7.02. The highest BCUT2D eigenvalue weighted by molar-refractivity contribution is 5.77. The summed E-state index contributed by atoms with van der Waals surface area (Å²) in [4.78, 5) is 35.7. The minimum Gasteiger partial charge on any atom is -0.474 e. The Morgan fingerprint density at radius 1 is 1.08 bits per heavy atom. The lowest BCUT2D eigenvalue weighted by Crippen LogP contribution is -2.40. The average Bonchev–Trinajstić information content (AvgIpc) is 3.23. The highest BCUT2D eigenvalue weighted by atomic mass is 19.2. The van der Waals surface area contributed by atoms with Gasteiger partial charge in [-0.2, -0.15) is 0 Å². The molecule has 11 heteroatoms. The van der Waals surface area contributed by atoms with Crippen molar-refractivity contribution in [1.29, 1.82) is 0 Å². The number of fused-ring (bicyclic) bond motifs is 1. The van der Waals surface area contributed by atoms with Crippen LogP contribution in [0.5, 0.6) is 5.88 Å². The number of pyridine rings is 1. The zero-order valence-electron chi connectivity index (χ0n) is 20.4. The molecule has 0 amide bonds. The molecule has 0 bridgehead atoms. The van der Waals surface area contributed by atoms with E-state index < -0.39 is 22.9 Å². The molecule has 37 heavy (non-hydrogen) atoms. The predicted molar refractivity (Wildman–Crippen MR) is 133 cm³/mol. The van der Waals surface area contributed by atoms with E-state index in [1.165, 1.54) is 10.6 Å². The highest BCUT2D eigenvalue weighted by Crippen LogP contribution is 2.27. The number of hydrogen-bond acceptors (Lipinski definition) is 6. The summed E-state index contributed by atoms with van der Waals surface area (Å²) < 4.78 is 37.5. The molecule has 3 heterocycles. The first kappa shape index (κ1) is 24.8. The van der Waals surface area contributed by atoms with Gasteiger partial charge in [0.15, 0.2) is 22.8 Å². The van der Waals surface area contributed by atoms with Gasteiger partial charge in [0.05, 0.1) is 6.54 Å². The van der Waals surface area contributed by atoms with Crippen LogP contribution in [-0.4, -0.2) is 41.5 Å². The van der Waals surface area contributed by atoms with E-state index in [1.54, 1.807) is 29.8 Å². The molecular formula is C26H27F2N5O4. The van der Waals surface area contributed by atoms with E-state index in [1.807, 2.05) is 0 Å². The number of aliphatic hydroxyl groups excluding tert-OH is 1. The van der Waals surface area contributed by atoms with Crippen LogP contribution >= 0.6 is 0 Å². The van der Waals surface area contributed by atoms with Crippen molar-refractivity contribution in [3.05, 3.63) is 74.6 Å². The number of aryl methyl sites for hydroxylation is 1. The Bertz CT molecular complexity index is 1550. The normalized spacial score (nSPS) is 13.7. The Kier molecular flexibility index (Phi) is 6.88. The van der Waals surface area contributed by atoms with Gasteiger partial charge in [-0.3, -0.25) is 13.9 Å². The lowest BCUT2D eigenvalue weighted by molar-refractivity contribution is 0.114. The minimum atomic E-state index is -1.01. The smallest absolute Gasteiger partial charge is 0.332 e. The van der Waals surface area contributed by atoms with Gasteiger partial charge in [0.1, 0.15) is 11.9 Å². The molecule has 0 spiro atoms. The van der Waals surface area contributed by atoms with Gasteiger partial charge in [-0.05, 0) is 56.4 Å². The maximum Gasteiger partial charge on any atom is 0.332 e. The summed E-state index contributed by atoms with van der Waals surface area (Å²) in [7, 11) is 0. The molecule has 1 N–H and O–H groups in total. The highest BCUT2D eigenvalue weighted by Gasteiger charge is 2.23. The third kappa shape index (κ3) is 4.66. The zero-order chi connectivity index (χ0) is 26.1. The van der Waals surface area contributed by atoms with E-state index in [9.17, 15) is 23.5 Å². The molecule has 0 unspecified atom stereocenters. The fraction of sp³-hybridized carbons (Fsp3) is 0.385. The van der Waals surface area contributed by atoms with Gasteiger partial charge in [-0.1, -0.05) is 6.07 Å². The minimum absolute atomic E-state index is 0.000513. The molecule has 1 aromatic carbocycles. The molecule has 1 saturated carbocycles. The van der Waals surface area contributed by atoms with Gasteiger partial charge < -0.3 is 14.4 Å². The van der Waals surface area contributed by atoms with Crippen LogP contribution in [0.2, 0.25) is 0 Å². The van der Waals surface area contributed by atoms with Gasteiger partial charge in [-0.25, -0.2) is 23.5 Å². The number of imidazole rings is 1. The lowest BCUT2D eigenvalue weighted by atomic mass is 9.96. The maximum absolute atomic E-state index is 14.0. The van der Waals surface area contributed by atoms with Crippen LogP contribution in [0.25, 0.3) is 22.6 Å². The average molecular weight is 512 g/mol. The van der Waals surface area contributed by atoms with Crippen molar-refractivity contribution < 1.29 is 18.6 Å². The Labute approximate surface area is 210 Å². The summed E-state index contributed by atoms with van der Waals surface area (Å²) in [5, 5.41) is 9.27. The van der Waals surface area contributed by atoms with E-state index in [0.717, 1.165) is 36.0 Å². The Balaban J connectivity index is 1.69. The number of hydrogen-bond donors (Lipinski definition) is 1. The topological polar surface area (TPSA) is 104 Å². The fourth-order valence-corrected chi connectivity index (χ4v) is 4.44. The van der Waals surface area contributed by atoms with E-state index in [4.69, 9.17) is 4.74 Å². The second kappa shape index (κ2) is 10.3. The van der Waals surface area contributed by atoms with Crippen molar-refractivity contribution in [1.82, 2.24) is 23.7 Å². The number of ether oxygens (including phenoxy) is 1. The largest absolute Gasteiger partial charge is 0.474 e. The number of halogens is 2. The number of benzene rings is 1. The summed E-state index contributed by atoms with van der Waals surface area (Å²) in [6.45, 7) is 1.87. The van der Waals surface area contributed by atoms with Gasteiger partial charge in [0.2, 0.25) is 5.88 Å². The summed E-state index contributed by atoms with van der Waals surface area (Å²) in [5.41, 5.74) is 0.209. The second-order valence-corrected chi connectivity index (χ2v) is 9.06. The lowest BCUT2D eigenvalue weighted by Gasteiger charge is -2.25. The molecule has 0 aliphatic heterocycles. The van der Waals surface area contributed by atoms with Crippen LogP contribution in [0.3, 0.4) is 0 Å². The molecule has 3 aromatic heterocycles. The van der Waals surface area contributed by atoms with Crippen molar-refractivity contribution in [2.45, 2.75) is 58.3 Å². The third-order valence-corrected chi connectivity index (χ3v) is 6.63. The molecule has 1 aliphatic rings. The Morgan fingerprint density at radius 3 is 2.51 bits per heavy atom. The molecular weight excluding hydrogens is 484 g/mol. The van der Waals surface area contributed by atoms with Crippen LogP contribution in [0, 0.1) is 11.6 Å². The Morgan fingerprint density at radius 2 is 1.89 bits per heavy atom. The van der Waals surface area contributed by atoms with Gasteiger partial charge >= 0.3 is 5.69 Å². The number of nitrogens with zero attached hydrogens (tertiary/aromatic N) is 5. The van der Waals surface area contributed by atoms with E-state index in [0.29, 0.717) is 22.8 Å². The number of aromatic nitrogens is 5. The number of rotatable bonds is 9. The van der Waals surface area contributed by atoms with Gasteiger partial charge in [0, 0.05) is 37.5 Å². The molecule has 1 fully saturated rings. The van der Waals surface area contributed by atoms with Gasteiger partial charge in [-0.15, -0.1) is 0 Å². The molecule has 0 radical (unpaired) electrons. The van der Waals surface area contributed by atoms with Crippen molar-refractivity contribution in [3.8, 4) is 17.3 Å². The molecule has 1 aliphatic carbocycles. The third-order valence-electron chi connectivity index (χ3n) is 6.63.